The molecule has 0 aliphatic carbocycles. The van der Waals surface area contributed by atoms with Crippen molar-refractivity contribution in [3.63, 3.8) is 0 Å². The Balaban J connectivity index is 4.03. The molecule has 5 heteroatoms. The predicted molar refractivity (Wildman–Crippen MR) is 50.7 cm³/mol. The zero-order valence-electron chi connectivity index (χ0n) is 8.70. The van der Waals surface area contributed by atoms with Crippen LogP contribution >= 0.6 is 0 Å². The first-order valence-electron chi connectivity index (χ1n) is 4.41. The molecule has 0 saturated carbocycles. The molecule has 0 bridgehead atoms. The number of aliphatic hydroxyl groups excluding tert-OH is 1. The zero-order valence-corrected chi connectivity index (χ0v) is 8.70. The molecule has 5 nitrogen and oxygen atoms in total. The summed E-state index contributed by atoms with van der Waals surface area (Å²) in [7, 11) is 0. The van der Waals surface area contributed by atoms with Gasteiger partial charge in [0.15, 0.2) is 0 Å². The Morgan fingerprint density at radius 3 is 2.29 bits per heavy atom. The standard InChI is InChI=1S/C9H17NO4/c1-6(8(13)14)7(12)10-4-9(2,3)5-11/h6,11H,4-5H2,1-3H3,(H,10,12)(H,13,14). The van der Waals surface area contributed by atoms with Gasteiger partial charge in [0.1, 0.15) is 5.92 Å². The molecule has 1 amide bonds. The first-order valence-corrected chi connectivity index (χ1v) is 4.41. The second-order valence-electron chi connectivity index (χ2n) is 4.10. The number of aliphatic hydroxyl groups is 1. The smallest absolute Gasteiger partial charge is 0.315 e. The van der Waals surface area contributed by atoms with Crippen molar-refractivity contribution in [3.8, 4) is 0 Å². The lowest BCUT2D eigenvalue weighted by Gasteiger charge is -2.22. The molecule has 1 unspecified atom stereocenters. The normalized spacial score (nSPS) is 13.4. The number of amides is 1. The van der Waals surface area contributed by atoms with E-state index in [9.17, 15) is 9.59 Å². The van der Waals surface area contributed by atoms with Crippen LogP contribution < -0.4 is 5.32 Å². The minimum Gasteiger partial charge on any atom is -0.481 e. The molecule has 0 aromatic carbocycles. The number of rotatable bonds is 5. The number of carbonyl (C=O) groups is 2. The van der Waals surface area contributed by atoms with E-state index < -0.39 is 23.2 Å². The second-order valence-corrected chi connectivity index (χ2v) is 4.10. The molecule has 14 heavy (non-hydrogen) atoms. The van der Waals surface area contributed by atoms with Gasteiger partial charge in [-0.1, -0.05) is 13.8 Å². The zero-order chi connectivity index (χ0) is 11.4. The Labute approximate surface area is 83.1 Å². The van der Waals surface area contributed by atoms with Gasteiger partial charge in [-0.3, -0.25) is 9.59 Å². The fourth-order valence-electron chi connectivity index (χ4n) is 0.648. The maximum absolute atomic E-state index is 11.2. The molecule has 3 N–H and O–H groups in total. The van der Waals surface area contributed by atoms with Crippen LogP contribution in [0.5, 0.6) is 0 Å². The lowest BCUT2D eigenvalue weighted by atomic mass is 9.95. The van der Waals surface area contributed by atoms with E-state index >= 15 is 0 Å². The van der Waals surface area contributed by atoms with Crippen LogP contribution in [-0.4, -0.2) is 35.2 Å². The van der Waals surface area contributed by atoms with Gasteiger partial charge in [-0.2, -0.15) is 0 Å². The number of nitrogens with one attached hydrogen (secondary N) is 1. The molecule has 1 atom stereocenters. The highest BCUT2D eigenvalue weighted by atomic mass is 16.4. The summed E-state index contributed by atoms with van der Waals surface area (Å²) in [6.07, 6.45) is 0. The Bertz CT molecular complexity index is 225. The van der Waals surface area contributed by atoms with Crippen LogP contribution in [0.15, 0.2) is 0 Å². The van der Waals surface area contributed by atoms with Gasteiger partial charge in [0.2, 0.25) is 5.91 Å². The quantitative estimate of drug-likeness (QED) is 0.542. The molecule has 0 heterocycles. The summed E-state index contributed by atoms with van der Waals surface area (Å²) in [6.45, 7) is 5.08. The molecule has 0 rings (SSSR count). The summed E-state index contributed by atoms with van der Waals surface area (Å²) in [6, 6.07) is 0. The number of hydrogen-bond acceptors (Lipinski definition) is 3. The molecule has 0 saturated heterocycles. The summed E-state index contributed by atoms with van der Waals surface area (Å²) in [5.74, 6) is -2.73. The number of hydrogen-bond donors (Lipinski definition) is 3. The summed E-state index contributed by atoms with van der Waals surface area (Å²) in [5.41, 5.74) is -0.423. The Morgan fingerprint density at radius 2 is 1.93 bits per heavy atom. The van der Waals surface area contributed by atoms with Crippen molar-refractivity contribution >= 4 is 11.9 Å². The Hall–Kier alpha value is -1.10. The highest BCUT2D eigenvalue weighted by Crippen LogP contribution is 2.11. The van der Waals surface area contributed by atoms with E-state index in [2.05, 4.69) is 5.32 Å². The first kappa shape index (κ1) is 12.9. The molecule has 0 aliphatic rings. The summed E-state index contributed by atoms with van der Waals surface area (Å²) in [5, 5.41) is 19.9. The molecule has 0 fully saturated rings. The predicted octanol–water partition coefficient (Wildman–Crippen LogP) is -0.158. The number of aliphatic carboxylic acids is 1. The van der Waals surface area contributed by atoms with Gasteiger partial charge in [0, 0.05) is 18.6 Å². The van der Waals surface area contributed by atoms with E-state index in [-0.39, 0.29) is 13.2 Å². The molecule has 0 radical (unpaired) electrons. The van der Waals surface area contributed by atoms with Crippen molar-refractivity contribution < 1.29 is 19.8 Å². The maximum Gasteiger partial charge on any atom is 0.315 e. The Morgan fingerprint density at radius 1 is 1.43 bits per heavy atom. The van der Waals surface area contributed by atoms with Crippen LogP contribution in [0.2, 0.25) is 0 Å². The van der Waals surface area contributed by atoms with Crippen LogP contribution in [0.4, 0.5) is 0 Å². The van der Waals surface area contributed by atoms with Crippen molar-refractivity contribution in [2.75, 3.05) is 13.2 Å². The average Bonchev–Trinajstić information content (AvgIpc) is 2.13. The second kappa shape index (κ2) is 4.95. The minimum atomic E-state index is -1.15. The summed E-state index contributed by atoms with van der Waals surface area (Å²) in [4.78, 5) is 21.6. The lowest BCUT2D eigenvalue weighted by molar-refractivity contribution is -0.146. The van der Waals surface area contributed by atoms with Gasteiger partial charge in [-0.25, -0.2) is 0 Å². The average molecular weight is 203 g/mol. The van der Waals surface area contributed by atoms with E-state index in [1.54, 1.807) is 13.8 Å². The minimum absolute atomic E-state index is 0.0608. The number of carbonyl (C=O) groups excluding carboxylic acids is 1. The van der Waals surface area contributed by atoms with E-state index in [0.29, 0.717) is 0 Å². The lowest BCUT2D eigenvalue weighted by Crippen LogP contribution is -2.40. The third-order valence-electron chi connectivity index (χ3n) is 1.93. The van der Waals surface area contributed by atoms with Crippen molar-refractivity contribution in [2.24, 2.45) is 11.3 Å². The van der Waals surface area contributed by atoms with Crippen LogP contribution in [-0.2, 0) is 9.59 Å². The molecular weight excluding hydrogens is 186 g/mol. The maximum atomic E-state index is 11.2. The fourth-order valence-corrected chi connectivity index (χ4v) is 0.648. The van der Waals surface area contributed by atoms with Crippen LogP contribution in [0.25, 0.3) is 0 Å². The third-order valence-corrected chi connectivity index (χ3v) is 1.93. The van der Waals surface area contributed by atoms with Crippen LogP contribution in [0.1, 0.15) is 20.8 Å². The molecular formula is C9H17NO4. The molecule has 0 aliphatic heterocycles. The number of carboxylic acid groups (broad SMARTS) is 1. The molecule has 0 aromatic heterocycles. The van der Waals surface area contributed by atoms with Gasteiger partial charge in [-0.05, 0) is 6.92 Å². The van der Waals surface area contributed by atoms with Crippen molar-refractivity contribution in [3.05, 3.63) is 0 Å². The molecule has 0 spiro atoms. The topological polar surface area (TPSA) is 86.6 Å². The van der Waals surface area contributed by atoms with E-state index in [1.165, 1.54) is 6.92 Å². The highest BCUT2D eigenvalue weighted by Gasteiger charge is 2.23. The molecule has 82 valence electrons. The number of carboxylic acids is 1. The largest absolute Gasteiger partial charge is 0.481 e. The summed E-state index contributed by atoms with van der Waals surface area (Å²) >= 11 is 0. The van der Waals surface area contributed by atoms with Crippen LogP contribution in [0.3, 0.4) is 0 Å². The summed E-state index contributed by atoms with van der Waals surface area (Å²) < 4.78 is 0. The Kier molecular flexibility index (Phi) is 4.56. The van der Waals surface area contributed by atoms with Gasteiger partial charge in [0.05, 0.1) is 0 Å². The monoisotopic (exact) mass is 203 g/mol. The highest BCUT2D eigenvalue weighted by molar-refractivity contribution is 5.96. The molecule has 0 aromatic rings. The van der Waals surface area contributed by atoms with E-state index in [4.69, 9.17) is 10.2 Å². The van der Waals surface area contributed by atoms with Crippen LogP contribution in [0, 0.1) is 11.3 Å². The van der Waals surface area contributed by atoms with E-state index in [1.807, 2.05) is 0 Å². The van der Waals surface area contributed by atoms with Gasteiger partial charge < -0.3 is 15.5 Å². The van der Waals surface area contributed by atoms with Crippen molar-refractivity contribution in [2.45, 2.75) is 20.8 Å². The third kappa shape index (κ3) is 4.23. The van der Waals surface area contributed by atoms with Crippen molar-refractivity contribution in [1.29, 1.82) is 0 Å². The first-order chi connectivity index (χ1) is 6.30. The van der Waals surface area contributed by atoms with E-state index in [0.717, 1.165) is 0 Å². The van der Waals surface area contributed by atoms with Gasteiger partial charge in [0.25, 0.3) is 0 Å². The van der Waals surface area contributed by atoms with Gasteiger partial charge >= 0.3 is 5.97 Å². The fraction of sp³-hybridized carbons (Fsp3) is 0.778. The van der Waals surface area contributed by atoms with Gasteiger partial charge in [-0.15, -0.1) is 0 Å². The SMILES string of the molecule is CC(C(=O)O)C(=O)NCC(C)(C)CO. The van der Waals surface area contributed by atoms with Crippen molar-refractivity contribution in [1.82, 2.24) is 5.32 Å².